The van der Waals surface area contributed by atoms with E-state index in [0.717, 1.165) is 23.6 Å². The van der Waals surface area contributed by atoms with Gasteiger partial charge in [-0.05, 0) is 49.9 Å². The summed E-state index contributed by atoms with van der Waals surface area (Å²) < 4.78 is 0. The van der Waals surface area contributed by atoms with Gasteiger partial charge in [0, 0.05) is 11.1 Å². The predicted molar refractivity (Wildman–Crippen MR) is 72.3 cm³/mol. The van der Waals surface area contributed by atoms with Gasteiger partial charge in [0.25, 0.3) is 0 Å². The molecule has 0 saturated heterocycles. The minimum absolute atomic E-state index is 0.591. The highest BCUT2D eigenvalue weighted by molar-refractivity contribution is 6.31. The lowest BCUT2D eigenvalue weighted by Crippen LogP contribution is -2.23. The summed E-state index contributed by atoms with van der Waals surface area (Å²) in [5.74, 6) is 0. The fourth-order valence-electron chi connectivity index (χ4n) is 1.64. The molecule has 0 unspecified atom stereocenters. The molecule has 1 aromatic carbocycles. The molecule has 2 heteroatoms. The second-order valence-corrected chi connectivity index (χ2v) is 5.06. The van der Waals surface area contributed by atoms with E-state index in [1.165, 1.54) is 18.4 Å². The number of rotatable bonds is 6. The Morgan fingerprint density at radius 2 is 2.00 bits per heavy atom. The standard InChI is InChI=1S/C14H22ClN/c1-11(2)16-9-5-4-6-13-8-7-12(3)14(15)10-13/h7-8,10-11,16H,4-6,9H2,1-3H3. The van der Waals surface area contributed by atoms with Crippen LogP contribution in [0.1, 0.15) is 37.8 Å². The Labute approximate surface area is 104 Å². The molecule has 0 amide bonds. The van der Waals surface area contributed by atoms with Crippen LogP contribution in [0.25, 0.3) is 0 Å². The van der Waals surface area contributed by atoms with Crippen LogP contribution >= 0.6 is 11.6 Å². The third kappa shape index (κ3) is 5.00. The molecule has 0 aliphatic heterocycles. The molecule has 0 spiro atoms. The molecule has 1 N–H and O–H groups in total. The zero-order valence-electron chi connectivity index (χ0n) is 10.5. The number of hydrogen-bond acceptors (Lipinski definition) is 1. The quantitative estimate of drug-likeness (QED) is 0.741. The molecule has 0 aromatic heterocycles. The van der Waals surface area contributed by atoms with E-state index in [0.29, 0.717) is 6.04 Å². The molecular formula is C14H22ClN. The van der Waals surface area contributed by atoms with E-state index in [-0.39, 0.29) is 0 Å². The molecule has 90 valence electrons. The third-order valence-corrected chi connectivity index (χ3v) is 3.09. The van der Waals surface area contributed by atoms with E-state index in [1.54, 1.807) is 0 Å². The molecule has 0 radical (unpaired) electrons. The van der Waals surface area contributed by atoms with Crippen molar-refractivity contribution in [3.63, 3.8) is 0 Å². The Hall–Kier alpha value is -0.530. The lowest BCUT2D eigenvalue weighted by atomic mass is 10.1. The molecule has 16 heavy (non-hydrogen) atoms. The number of nitrogens with one attached hydrogen (secondary N) is 1. The minimum atomic E-state index is 0.591. The lowest BCUT2D eigenvalue weighted by Gasteiger charge is -2.08. The van der Waals surface area contributed by atoms with Gasteiger partial charge in [-0.3, -0.25) is 0 Å². The molecule has 0 fully saturated rings. The van der Waals surface area contributed by atoms with Gasteiger partial charge in [0.2, 0.25) is 0 Å². The molecule has 1 aromatic rings. The summed E-state index contributed by atoms with van der Waals surface area (Å²) in [5, 5.41) is 4.31. The number of halogens is 1. The second-order valence-electron chi connectivity index (χ2n) is 4.65. The first kappa shape index (κ1) is 13.5. The summed E-state index contributed by atoms with van der Waals surface area (Å²) >= 11 is 6.08. The van der Waals surface area contributed by atoms with Crippen LogP contribution in [0, 0.1) is 6.92 Å². The maximum absolute atomic E-state index is 6.08. The van der Waals surface area contributed by atoms with Crippen LogP contribution in [0.15, 0.2) is 18.2 Å². The Bertz CT molecular complexity index is 321. The van der Waals surface area contributed by atoms with Crippen molar-refractivity contribution in [1.82, 2.24) is 5.32 Å². The molecule has 0 bridgehead atoms. The van der Waals surface area contributed by atoms with Crippen LogP contribution in [-0.2, 0) is 6.42 Å². The van der Waals surface area contributed by atoms with Crippen LogP contribution in [-0.4, -0.2) is 12.6 Å². The van der Waals surface area contributed by atoms with Gasteiger partial charge in [-0.25, -0.2) is 0 Å². The Kier molecular flexibility index (Phi) is 5.86. The zero-order chi connectivity index (χ0) is 12.0. The summed E-state index contributed by atoms with van der Waals surface area (Å²) in [4.78, 5) is 0. The van der Waals surface area contributed by atoms with Crippen LogP contribution in [0.5, 0.6) is 0 Å². The van der Waals surface area contributed by atoms with E-state index in [9.17, 15) is 0 Å². The summed E-state index contributed by atoms with van der Waals surface area (Å²) in [7, 11) is 0. The van der Waals surface area contributed by atoms with Crippen LogP contribution in [0.2, 0.25) is 5.02 Å². The van der Waals surface area contributed by atoms with Gasteiger partial charge in [-0.1, -0.05) is 37.6 Å². The summed E-state index contributed by atoms with van der Waals surface area (Å²) in [5.41, 5.74) is 2.51. The maximum atomic E-state index is 6.08. The van der Waals surface area contributed by atoms with Crippen molar-refractivity contribution in [2.45, 2.75) is 46.1 Å². The van der Waals surface area contributed by atoms with E-state index < -0.39 is 0 Å². The Balaban J connectivity index is 2.24. The predicted octanol–water partition coefficient (Wildman–Crippen LogP) is 3.97. The van der Waals surface area contributed by atoms with E-state index in [1.807, 2.05) is 6.92 Å². The van der Waals surface area contributed by atoms with Crippen molar-refractivity contribution in [1.29, 1.82) is 0 Å². The SMILES string of the molecule is Cc1ccc(CCCCNC(C)C)cc1Cl. The fraction of sp³-hybridized carbons (Fsp3) is 0.571. The van der Waals surface area contributed by atoms with Gasteiger partial charge < -0.3 is 5.32 Å². The Morgan fingerprint density at radius 1 is 1.25 bits per heavy atom. The van der Waals surface area contributed by atoms with E-state index in [2.05, 4.69) is 37.4 Å². The van der Waals surface area contributed by atoms with Gasteiger partial charge in [-0.2, -0.15) is 0 Å². The zero-order valence-corrected chi connectivity index (χ0v) is 11.3. The monoisotopic (exact) mass is 239 g/mol. The molecule has 1 nitrogen and oxygen atoms in total. The average Bonchev–Trinajstić information content (AvgIpc) is 2.22. The van der Waals surface area contributed by atoms with Crippen molar-refractivity contribution in [3.8, 4) is 0 Å². The largest absolute Gasteiger partial charge is 0.315 e. The lowest BCUT2D eigenvalue weighted by molar-refractivity contribution is 0.557. The first-order chi connectivity index (χ1) is 7.59. The first-order valence-electron chi connectivity index (χ1n) is 6.08. The highest BCUT2D eigenvalue weighted by atomic mass is 35.5. The van der Waals surface area contributed by atoms with Crippen molar-refractivity contribution in [2.75, 3.05) is 6.54 Å². The van der Waals surface area contributed by atoms with Gasteiger partial charge in [-0.15, -0.1) is 0 Å². The highest BCUT2D eigenvalue weighted by Crippen LogP contribution is 2.17. The molecular weight excluding hydrogens is 218 g/mol. The smallest absolute Gasteiger partial charge is 0.0437 e. The summed E-state index contributed by atoms with van der Waals surface area (Å²) in [6, 6.07) is 6.96. The average molecular weight is 240 g/mol. The molecule has 0 aliphatic rings. The van der Waals surface area contributed by atoms with Crippen LogP contribution in [0.4, 0.5) is 0 Å². The Morgan fingerprint density at radius 3 is 2.62 bits per heavy atom. The first-order valence-corrected chi connectivity index (χ1v) is 6.46. The number of aryl methyl sites for hydroxylation is 2. The third-order valence-electron chi connectivity index (χ3n) is 2.68. The van der Waals surface area contributed by atoms with Gasteiger partial charge in [0.15, 0.2) is 0 Å². The van der Waals surface area contributed by atoms with E-state index >= 15 is 0 Å². The minimum Gasteiger partial charge on any atom is -0.315 e. The maximum Gasteiger partial charge on any atom is 0.0437 e. The summed E-state index contributed by atoms with van der Waals surface area (Å²) in [6.45, 7) is 7.51. The molecule has 0 saturated carbocycles. The van der Waals surface area contributed by atoms with E-state index in [4.69, 9.17) is 11.6 Å². The van der Waals surface area contributed by atoms with Crippen molar-refractivity contribution in [3.05, 3.63) is 34.3 Å². The molecule has 1 rings (SSSR count). The normalized spacial score (nSPS) is 11.1. The van der Waals surface area contributed by atoms with Crippen molar-refractivity contribution >= 4 is 11.6 Å². The van der Waals surface area contributed by atoms with Gasteiger partial charge >= 0.3 is 0 Å². The topological polar surface area (TPSA) is 12.0 Å². The molecule has 0 atom stereocenters. The van der Waals surface area contributed by atoms with Crippen LogP contribution < -0.4 is 5.32 Å². The molecule has 0 heterocycles. The van der Waals surface area contributed by atoms with Crippen molar-refractivity contribution < 1.29 is 0 Å². The van der Waals surface area contributed by atoms with Gasteiger partial charge in [0.1, 0.15) is 0 Å². The molecule has 0 aliphatic carbocycles. The number of unbranched alkanes of at least 4 members (excludes halogenated alkanes) is 1. The number of benzene rings is 1. The highest BCUT2D eigenvalue weighted by Gasteiger charge is 1.98. The fourth-order valence-corrected chi connectivity index (χ4v) is 1.84. The van der Waals surface area contributed by atoms with Crippen LogP contribution in [0.3, 0.4) is 0 Å². The second kappa shape index (κ2) is 6.93. The summed E-state index contributed by atoms with van der Waals surface area (Å²) in [6.07, 6.45) is 3.57. The van der Waals surface area contributed by atoms with Gasteiger partial charge in [0.05, 0.1) is 0 Å². The van der Waals surface area contributed by atoms with Crippen molar-refractivity contribution in [2.24, 2.45) is 0 Å². The number of hydrogen-bond donors (Lipinski definition) is 1.